The lowest BCUT2D eigenvalue weighted by atomic mass is 9.74. The standard InChI is InChI=1S/C17H19FN2O3/c18-13-4-1-3-12(11-13)17(6-9-21-10-7-17)16-19-15(20-23-16)14-5-2-8-22-14/h1,3-4,11,14H,2,5-10H2. The molecule has 2 saturated heterocycles. The first-order valence-corrected chi connectivity index (χ1v) is 8.07. The molecule has 4 rings (SSSR count). The van der Waals surface area contributed by atoms with Crippen LogP contribution >= 0.6 is 0 Å². The van der Waals surface area contributed by atoms with Crippen LogP contribution < -0.4 is 0 Å². The summed E-state index contributed by atoms with van der Waals surface area (Å²) in [7, 11) is 0. The van der Waals surface area contributed by atoms with Crippen LogP contribution in [0.15, 0.2) is 28.8 Å². The van der Waals surface area contributed by atoms with Crippen LogP contribution in [-0.2, 0) is 14.9 Å². The number of nitrogens with zero attached hydrogens (tertiary/aromatic N) is 2. The molecule has 1 aromatic heterocycles. The van der Waals surface area contributed by atoms with Gasteiger partial charge in [0, 0.05) is 19.8 Å². The molecule has 0 saturated carbocycles. The van der Waals surface area contributed by atoms with Crippen molar-refractivity contribution < 1.29 is 18.4 Å². The van der Waals surface area contributed by atoms with Gasteiger partial charge in [0.15, 0.2) is 0 Å². The third kappa shape index (κ3) is 2.66. The Morgan fingerprint density at radius 2 is 2.04 bits per heavy atom. The van der Waals surface area contributed by atoms with Crippen molar-refractivity contribution >= 4 is 0 Å². The summed E-state index contributed by atoms with van der Waals surface area (Å²) in [6.07, 6.45) is 3.23. The van der Waals surface area contributed by atoms with Crippen molar-refractivity contribution in [2.24, 2.45) is 0 Å². The number of hydrogen-bond acceptors (Lipinski definition) is 5. The highest BCUT2D eigenvalue weighted by molar-refractivity contribution is 5.33. The van der Waals surface area contributed by atoms with Gasteiger partial charge in [0.2, 0.25) is 11.7 Å². The second-order valence-corrected chi connectivity index (χ2v) is 6.16. The summed E-state index contributed by atoms with van der Waals surface area (Å²) in [4.78, 5) is 4.61. The summed E-state index contributed by atoms with van der Waals surface area (Å²) in [6.45, 7) is 1.92. The fourth-order valence-corrected chi connectivity index (χ4v) is 3.47. The van der Waals surface area contributed by atoms with Crippen LogP contribution in [0.1, 0.15) is 49.1 Å². The Morgan fingerprint density at radius 1 is 1.17 bits per heavy atom. The zero-order chi connectivity index (χ0) is 15.7. The van der Waals surface area contributed by atoms with Crippen molar-refractivity contribution in [2.75, 3.05) is 19.8 Å². The zero-order valence-corrected chi connectivity index (χ0v) is 12.8. The minimum absolute atomic E-state index is 0.0862. The molecule has 2 aromatic rings. The molecule has 23 heavy (non-hydrogen) atoms. The highest BCUT2D eigenvalue weighted by Gasteiger charge is 2.42. The van der Waals surface area contributed by atoms with Gasteiger partial charge in [-0.05, 0) is 43.4 Å². The lowest BCUT2D eigenvalue weighted by Crippen LogP contribution is -2.35. The molecular formula is C17H19FN2O3. The first kappa shape index (κ1) is 14.8. The van der Waals surface area contributed by atoms with Gasteiger partial charge < -0.3 is 14.0 Å². The van der Waals surface area contributed by atoms with Crippen LogP contribution in [0.4, 0.5) is 4.39 Å². The van der Waals surface area contributed by atoms with Crippen molar-refractivity contribution in [3.63, 3.8) is 0 Å². The summed E-state index contributed by atoms with van der Waals surface area (Å²) in [5.41, 5.74) is 0.382. The molecule has 0 amide bonds. The average Bonchev–Trinajstić information content (AvgIpc) is 3.27. The quantitative estimate of drug-likeness (QED) is 0.870. The van der Waals surface area contributed by atoms with Gasteiger partial charge in [0.1, 0.15) is 11.9 Å². The molecule has 0 bridgehead atoms. The number of halogens is 1. The van der Waals surface area contributed by atoms with Crippen molar-refractivity contribution in [1.29, 1.82) is 0 Å². The van der Waals surface area contributed by atoms with Crippen LogP contribution in [-0.4, -0.2) is 30.0 Å². The second kappa shape index (κ2) is 6.02. The van der Waals surface area contributed by atoms with E-state index in [0.717, 1.165) is 25.0 Å². The molecule has 0 N–H and O–H groups in total. The predicted octanol–water partition coefficient (Wildman–Crippen LogP) is 3.16. The Bertz CT molecular complexity index is 676. The van der Waals surface area contributed by atoms with Crippen LogP contribution in [0.5, 0.6) is 0 Å². The first-order chi connectivity index (χ1) is 11.3. The fraction of sp³-hybridized carbons (Fsp3) is 0.529. The van der Waals surface area contributed by atoms with Crippen molar-refractivity contribution in [1.82, 2.24) is 10.1 Å². The number of benzene rings is 1. The van der Waals surface area contributed by atoms with Gasteiger partial charge >= 0.3 is 0 Å². The molecule has 0 spiro atoms. The van der Waals surface area contributed by atoms with Gasteiger partial charge in [0.25, 0.3) is 0 Å². The molecular weight excluding hydrogens is 299 g/mol. The highest BCUT2D eigenvalue weighted by atomic mass is 19.1. The molecule has 122 valence electrons. The van der Waals surface area contributed by atoms with Gasteiger partial charge in [-0.15, -0.1) is 0 Å². The molecule has 0 aliphatic carbocycles. The van der Waals surface area contributed by atoms with Crippen molar-refractivity contribution in [3.05, 3.63) is 47.4 Å². The second-order valence-electron chi connectivity index (χ2n) is 6.16. The largest absolute Gasteiger partial charge is 0.381 e. The monoisotopic (exact) mass is 318 g/mol. The minimum atomic E-state index is -0.482. The lowest BCUT2D eigenvalue weighted by Gasteiger charge is -2.34. The molecule has 1 unspecified atom stereocenters. The van der Waals surface area contributed by atoms with Gasteiger partial charge in [-0.1, -0.05) is 17.3 Å². The normalized spacial score (nSPS) is 24.0. The molecule has 6 heteroatoms. The van der Waals surface area contributed by atoms with Crippen LogP contribution in [0, 0.1) is 5.82 Å². The summed E-state index contributed by atoms with van der Waals surface area (Å²) in [5.74, 6) is 0.879. The maximum Gasteiger partial charge on any atom is 0.237 e. The van der Waals surface area contributed by atoms with E-state index in [1.54, 1.807) is 12.1 Å². The van der Waals surface area contributed by atoms with Crippen LogP contribution in [0.25, 0.3) is 0 Å². The van der Waals surface area contributed by atoms with Gasteiger partial charge in [-0.2, -0.15) is 4.98 Å². The molecule has 2 aliphatic heterocycles. The Balaban J connectivity index is 1.73. The smallest absolute Gasteiger partial charge is 0.237 e. The van der Waals surface area contributed by atoms with E-state index in [-0.39, 0.29) is 11.9 Å². The summed E-state index contributed by atoms with van der Waals surface area (Å²) < 4.78 is 30.5. The number of ether oxygens (including phenoxy) is 2. The third-order valence-electron chi connectivity index (χ3n) is 4.79. The van der Waals surface area contributed by atoms with E-state index in [9.17, 15) is 4.39 Å². The van der Waals surface area contributed by atoms with E-state index >= 15 is 0 Å². The van der Waals surface area contributed by atoms with E-state index in [1.165, 1.54) is 6.07 Å². The highest BCUT2D eigenvalue weighted by Crippen LogP contribution is 2.41. The molecule has 0 radical (unpaired) electrons. The Hall–Kier alpha value is -1.79. The maximum atomic E-state index is 13.7. The molecule has 5 nitrogen and oxygen atoms in total. The van der Waals surface area contributed by atoms with E-state index in [0.29, 0.717) is 37.8 Å². The van der Waals surface area contributed by atoms with Crippen LogP contribution in [0.3, 0.4) is 0 Å². The SMILES string of the molecule is Fc1cccc(C2(c3nc(C4CCCO4)no3)CCOCC2)c1. The first-order valence-electron chi connectivity index (χ1n) is 8.07. The molecule has 1 atom stereocenters. The summed E-state index contributed by atoms with van der Waals surface area (Å²) in [6, 6.07) is 6.65. The Labute approximate surface area is 133 Å². The Morgan fingerprint density at radius 3 is 2.78 bits per heavy atom. The van der Waals surface area contributed by atoms with Crippen molar-refractivity contribution in [3.8, 4) is 0 Å². The fourth-order valence-electron chi connectivity index (χ4n) is 3.47. The third-order valence-corrected chi connectivity index (χ3v) is 4.79. The molecule has 3 heterocycles. The number of rotatable bonds is 3. The zero-order valence-electron chi connectivity index (χ0n) is 12.8. The van der Waals surface area contributed by atoms with Gasteiger partial charge in [-0.25, -0.2) is 4.39 Å². The van der Waals surface area contributed by atoms with E-state index in [2.05, 4.69) is 10.1 Å². The minimum Gasteiger partial charge on any atom is -0.381 e. The van der Waals surface area contributed by atoms with E-state index in [1.807, 2.05) is 6.07 Å². The summed E-state index contributed by atoms with van der Waals surface area (Å²) in [5, 5.41) is 4.12. The van der Waals surface area contributed by atoms with Crippen LogP contribution in [0.2, 0.25) is 0 Å². The van der Waals surface area contributed by atoms with Crippen molar-refractivity contribution in [2.45, 2.75) is 37.2 Å². The van der Waals surface area contributed by atoms with E-state index < -0.39 is 5.41 Å². The van der Waals surface area contributed by atoms with E-state index in [4.69, 9.17) is 14.0 Å². The van der Waals surface area contributed by atoms with Gasteiger partial charge in [-0.3, -0.25) is 0 Å². The number of aromatic nitrogens is 2. The topological polar surface area (TPSA) is 57.4 Å². The molecule has 2 fully saturated rings. The lowest BCUT2D eigenvalue weighted by molar-refractivity contribution is 0.0522. The maximum absolute atomic E-state index is 13.7. The summed E-state index contributed by atoms with van der Waals surface area (Å²) >= 11 is 0. The molecule has 1 aromatic carbocycles. The number of hydrogen-bond donors (Lipinski definition) is 0. The van der Waals surface area contributed by atoms with Gasteiger partial charge in [0.05, 0.1) is 5.41 Å². The average molecular weight is 318 g/mol. The Kier molecular flexibility index (Phi) is 3.87. The molecule has 2 aliphatic rings. The predicted molar refractivity (Wildman–Crippen MR) is 79.5 cm³/mol.